The summed E-state index contributed by atoms with van der Waals surface area (Å²) in [6.45, 7) is 1.36. The molecule has 0 aromatic carbocycles. The molecule has 0 aliphatic heterocycles. The van der Waals surface area contributed by atoms with Crippen LogP contribution in [0.3, 0.4) is 0 Å². The van der Waals surface area contributed by atoms with Crippen molar-refractivity contribution in [1.82, 2.24) is 5.32 Å². The Morgan fingerprint density at radius 3 is 2.35 bits per heavy atom. The van der Waals surface area contributed by atoms with Crippen LogP contribution in [0, 0.1) is 0 Å². The molecule has 20 heavy (non-hydrogen) atoms. The van der Waals surface area contributed by atoms with E-state index in [9.17, 15) is 19.0 Å². The molecular formula is C10H21N3O5PS+. The van der Waals surface area contributed by atoms with Gasteiger partial charge in [0, 0.05) is 0 Å². The van der Waals surface area contributed by atoms with Gasteiger partial charge in [-0.2, -0.15) is 16.7 Å². The van der Waals surface area contributed by atoms with Crippen molar-refractivity contribution in [2.75, 3.05) is 12.0 Å². The Labute approximate surface area is 122 Å². The van der Waals surface area contributed by atoms with E-state index in [1.54, 1.807) is 0 Å². The fraction of sp³-hybridized carbons (Fsp3) is 0.800. The summed E-state index contributed by atoms with van der Waals surface area (Å²) in [6, 6.07) is -1.91. The monoisotopic (exact) mass is 326 g/mol. The van der Waals surface area contributed by atoms with Crippen molar-refractivity contribution in [3.8, 4) is 0 Å². The summed E-state index contributed by atoms with van der Waals surface area (Å²) >= 11 is 1.50. The van der Waals surface area contributed by atoms with Crippen LogP contribution in [0.4, 0.5) is 0 Å². The predicted molar refractivity (Wildman–Crippen MR) is 77.6 cm³/mol. The lowest BCUT2D eigenvalue weighted by Gasteiger charge is -2.26. The molecule has 0 spiro atoms. The highest BCUT2D eigenvalue weighted by Gasteiger charge is 2.56. The first-order chi connectivity index (χ1) is 9.17. The Hall–Kier alpha value is -0.730. The summed E-state index contributed by atoms with van der Waals surface area (Å²) < 4.78 is 11.5. The normalized spacial score (nSPS) is 17.8. The van der Waals surface area contributed by atoms with Gasteiger partial charge in [0.05, 0.1) is 12.1 Å². The van der Waals surface area contributed by atoms with Crippen molar-refractivity contribution in [3.63, 3.8) is 0 Å². The molecule has 1 amide bonds. The van der Waals surface area contributed by atoms with E-state index in [0.717, 1.165) is 0 Å². The number of hydrogen-bond acceptors (Lipinski definition) is 6. The lowest BCUT2D eigenvalue weighted by atomic mass is 10.1. The van der Waals surface area contributed by atoms with E-state index in [4.69, 9.17) is 16.6 Å². The van der Waals surface area contributed by atoms with Crippen LogP contribution in [0.15, 0.2) is 0 Å². The molecule has 0 rings (SSSR count). The lowest BCUT2D eigenvalue weighted by Crippen LogP contribution is -2.60. The summed E-state index contributed by atoms with van der Waals surface area (Å²) in [7, 11) is -3.04. The first-order valence-electron chi connectivity index (χ1n) is 5.87. The number of aliphatic carboxylic acids is 1. The van der Waals surface area contributed by atoms with Gasteiger partial charge in [0.2, 0.25) is 5.91 Å². The highest BCUT2D eigenvalue weighted by Crippen LogP contribution is 2.38. The molecule has 7 N–H and O–H groups in total. The van der Waals surface area contributed by atoms with Crippen LogP contribution in [0.5, 0.6) is 0 Å². The lowest BCUT2D eigenvalue weighted by molar-refractivity contribution is -0.138. The third-order valence-corrected chi connectivity index (χ3v) is 4.83. The molecule has 0 fully saturated rings. The van der Waals surface area contributed by atoms with Gasteiger partial charge < -0.3 is 21.9 Å². The average Bonchev–Trinajstić information content (AvgIpc) is 2.33. The van der Waals surface area contributed by atoms with Crippen LogP contribution in [0.2, 0.25) is 0 Å². The van der Waals surface area contributed by atoms with Crippen LogP contribution in [0.1, 0.15) is 19.8 Å². The molecule has 0 bridgehead atoms. The van der Waals surface area contributed by atoms with Crippen molar-refractivity contribution in [2.45, 2.75) is 37.1 Å². The zero-order chi connectivity index (χ0) is 15.9. The zero-order valence-electron chi connectivity index (χ0n) is 11.4. The zero-order valence-corrected chi connectivity index (χ0v) is 13.1. The minimum atomic E-state index is -3.04. The van der Waals surface area contributed by atoms with Gasteiger partial charge in [-0.25, -0.2) is 0 Å². The van der Waals surface area contributed by atoms with Crippen LogP contribution in [-0.2, 0) is 14.2 Å². The van der Waals surface area contributed by atoms with E-state index in [1.807, 2.05) is 6.26 Å². The van der Waals surface area contributed by atoms with Gasteiger partial charge in [-0.15, -0.1) is 0 Å². The molecule has 0 saturated heterocycles. The van der Waals surface area contributed by atoms with Crippen molar-refractivity contribution in [2.24, 2.45) is 11.5 Å². The third kappa shape index (κ3) is 5.34. The molecule has 8 nitrogen and oxygen atoms in total. The highest BCUT2D eigenvalue weighted by atomic mass is 32.2. The quantitative estimate of drug-likeness (QED) is 0.353. The van der Waals surface area contributed by atoms with Gasteiger partial charge >= 0.3 is 14.0 Å². The van der Waals surface area contributed by atoms with Gasteiger partial charge in [0.1, 0.15) is 6.42 Å². The molecule has 3 unspecified atom stereocenters. The number of thioether (sulfide) groups is 1. The standard InChI is InChI=1S/C10H20N3O5PS/c1-6(11)10(19(17)18,5-8(14)15)13-9(16)7(12)3-4-20-2/h6-7H,3-5,11-12H2,1-2H3,(H2-,13,14,15,16,17,18)/p+1/t6?,7-,10?/m0/s1. The van der Waals surface area contributed by atoms with E-state index in [-0.39, 0.29) is 0 Å². The molecule has 0 aromatic heterocycles. The van der Waals surface area contributed by atoms with E-state index in [0.29, 0.717) is 12.2 Å². The number of hydrogen-bond donors (Lipinski definition) is 5. The summed E-state index contributed by atoms with van der Waals surface area (Å²) in [6.07, 6.45) is 1.47. The van der Waals surface area contributed by atoms with Crippen molar-refractivity contribution in [1.29, 1.82) is 0 Å². The fourth-order valence-electron chi connectivity index (χ4n) is 1.52. The third-order valence-electron chi connectivity index (χ3n) is 2.82. The number of amides is 1. The second kappa shape index (κ2) is 8.53. The maximum Gasteiger partial charge on any atom is 0.536 e. The number of rotatable bonds is 9. The average molecular weight is 326 g/mol. The van der Waals surface area contributed by atoms with Crippen molar-refractivity contribution < 1.29 is 24.2 Å². The molecule has 10 heteroatoms. The first kappa shape index (κ1) is 19.3. The van der Waals surface area contributed by atoms with Gasteiger partial charge in [-0.1, -0.05) is 0 Å². The van der Waals surface area contributed by atoms with Crippen LogP contribution >= 0.6 is 19.8 Å². The molecule has 0 radical (unpaired) electrons. The number of nitrogens with one attached hydrogen (secondary N) is 1. The first-order valence-corrected chi connectivity index (χ1v) is 8.48. The van der Waals surface area contributed by atoms with Gasteiger partial charge in [-0.05, 0) is 29.9 Å². The number of carboxylic acids is 1. The molecule has 4 atom stereocenters. The van der Waals surface area contributed by atoms with Crippen LogP contribution in [-0.4, -0.2) is 51.2 Å². The van der Waals surface area contributed by atoms with Gasteiger partial charge in [0.15, 0.2) is 0 Å². The molecule has 116 valence electrons. The molecule has 0 aliphatic rings. The number of carbonyl (C=O) groups is 2. The topological polar surface area (TPSA) is 156 Å². The Kier molecular flexibility index (Phi) is 8.22. The molecular weight excluding hydrogens is 305 g/mol. The Balaban J connectivity index is 5.10. The number of nitrogens with two attached hydrogens (primary N) is 2. The van der Waals surface area contributed by atoms with Crippen LogP contribution < -0.4 is 16.8 Å². The SMILES string of the molecule is CSCC[C@H](N)C(=O)NC(CC(=O)O)(C(C)N)[P+](=O)O. The van der Waals surface area contributed by atoms with Crippen molar-refractivity contribution in [3.05, 3.63) is 0 Å². The van der Waals surface area contributed by atoms with Gasteiger partial charge in [0.25, 0.3) is 5.28 Å². The minimum absolute atomic E-state index is 0.372. The second-order valence-electron chi connectivity index (χ2n) is 4.43. The predicted octanol–water partition coefficient (Wildman–Crippen LogP) is -0.564. The molecule has 0 saturated carbocycles. The maximum atomic E-state index is 11.9. The van der Waals surface area contributed by atoms with Gasteiger partial charge in [-0.3, -0.25) is 9.59 Å². The number of carboxylic acid groups (broad SMARTS) is 1. The number of carbonyl (C=O) groups excluding carboxylic acids is 1. The Bertz CT molecular complexity index is 382. The summed E-state index contributed by atoms with van der Waals surface area (Å²) in [5, 5.41) is 9.19. The summed E-state index contributed by atoms with van der Waals surface area (Å²) in [5.74, 6) is -1.38. The maximum absolute atomic E-state index is 11.9. The Morgan fingerprint density at radius 1 is 1.45 bits per heavy atom. The highest BCUT2D eigenvalue weighted by molar-refractivity contribution is 7.98. The van der Waals surface area contributed by atoms with E-state index >= 15 is 0 Å². The van der Waals surface area contributed by atoms with E-state index < -0.39 is 43.7 Å². The molecule has 0 heterocycles. The van der Waals surface area contributed by atoms with Crippen molar-refractivity contribution >= 4 is 31.7 Å². The Morgan fingerprint density at radius 2 is 2.00 bits per heavy atom. The fourth-order valence-corrected chi connectivity index (χ4v) is 2.84. The molecule has 0 aromatic rings. The summed E-state index contributed by atoms with van der Waals surface area (Å²) in [4.78, 5) is 32.2. The largest absolute Gasteiger partial charge is 0.536 e. The second-order valence-corrected chi connectivity index (χ2v) is 6.76. The van der Waals surface area contributed by atoms with E-state index in [1.165, 1.54) is 18.7 Å². The summed E-state index contributed by atoms with van der Waals surface area (Å²) in [5.41, 5.74) is 11.3. The molecule has 0 aliphatic carbocycles. The minimum Gasteiger partial charge on any atom is -0.481 e. The smallest absolute Gasteiger partial charge is 0.481 e. The van der Waals surface area contributed by atoms with E-state index in [2.05, 4.69) is 5.32 Å². The van der Waals surface area contributed by atoms with Crippen LogP contribution in [0.25, 0.3) is 0 Å².